The maximum atomic E-state index is 11.0. The van der Waals surface area contributed by atoms with Gasteiger partial charge in [0, 0.05) is 29.2 Å². The Morgan fingerprint density at radius 1 is 1.45 bits per heavy atom. The number of nitro benzene ring substituents is 1. The van der Waals surface area contributed by atoms with E-state index in [0.717, 1.165) is 12.8 Å². The zero-order valence-corrected chi connectivity index (χ0v) is 13.4. The van der Waals surface area contributed by atoms with Gasteiger partial charge in [0.1, 0.15) is 0 Å². The van der Waals surface area contributed by atoms with Crippen LogP contribution in [0.15, 0.2) is 22.7 Å². The first-order valence-electron chi connectivity index (χ1n) is 6.32. The van der Waals surface area contributed by atoms with Crippen LogP contribution in [-0.4, -0.2) is 30.5 Å². The van der Waals surface area contributed by atoms with Gasteiger partial charge in [-0.25, -0.2) is 0 Å². The summed E-state index contributed by atoms with van der Waals surface area (Å²) in [6, 6.07) is 4.81. The molecule has 1 aromatic carbocycles. The van der Waals surface area contributed by atoms with Crippen molar-refractivity contribution in [1.29, 1.82) is 0 Å². The van der Waals surface area contributed by atoms with Crippen LogP contribution in [-0.2, 0) is 4.74 Å². The van der Waals surface area contributed by atoms with Gasteiger partial charge in [-0.3, -0.25) is 10.1 Å². The average molecular weight is 362 g/mol. The summed E-state index contributed by atoms with van der Waals surface area (Å²) in [5.74, 6) is 0.978. The molecule has 0 N–H and O–H groups in total. The molecule has 0 spiro atoms. The Morgan fingerprint density at radius 2 is 2.15 bits per heavy atom. The van der Waals surface area contributed by atoms with E-state index in [4.69, 9.17) is 9.47 Å². The van der Waals surface area contributed by atoms with E-state index in [-0.39, 0.29) is 11.1 Å². The molecule has 0 radical (unpaired) electrons. The lowest BCUT2D eigenvalue weighted by Crippen LogP contribution is -2.37. The van der Waals surface area contributed by atoms with Gasteiger partial charge >= 0.3 is 5.69 Å². The van der Waals surface area contributed by atoms with Gasteiger partial charge in [-0.15, -0.1) is 0 Å². The fourth-order valence-electron chi connectivity index (χ4n) is 2.14. The van der Waals surface area contributed by atoms with Gasteiger partial charge < -0.3 is 9.47 Å². The maximum absolute atomic E-state index is 11.0. The van der Waals surface area contributed by atoms with E-state index in [9.17, 15) is 10.1 Å². The van der Waals surface area contributed by atoms with Crippen LogP contribution in [0, 0.1) is 15.5 Å². The summed E-state index contributed by atoms with van der Waals surface area (Å²) in [6.07, 6.45) is 1.72. The molecule has 1 heterocycles. The molecule has 5 nitrogen and oxygen atoms in total. The molecule has 0 amide bonds. The van der Waals surface area contributed by atoms with Gasteiger partial charge in [-0.05, 0) is 30.7 Å². The van der Waals surface area contributed by atoms with E-state index in [0.29, 0.717) is 35.8 Å². The Balaban J connectivity index is 2.11. The van der Waals surface area contributed by atoms with E-state index in [1.165, 1.54) is 6.07 Å². The van der Waals surface area contributed by atoms with Crippen LogP contribution in [0.25, 0.3) is 0 Å². The highest BCUT2D eigenvalue weighted by Crippen LogP contribution is 2.35. The molecule has 1 aromatic rings. The van der Waals surface area contributed by atoms with Crippen LogP contribution in [0.3, 0.4) is 0 Å². The lowest BCUT2D eigenvalue weighted by atomic mass is 9.83. The maximum Gasteiger partial charge on any atom is 0.312 e. The fraction of sp³-hybridized carbons (Fsp3) is 0.538. The molecule has 1 aliphatic rings. The van der Waals surface area contributed by atoms with Gasteiger partial charge in [0.2, 0.25) is 0 Å². The first-order chi connectivity index (χ1) is 9.56. The zero-order chi connectivity index (χ0) is 14.6. The van der Waals surface area contributed by atoms with Crippen LogP contribution >= 0.6 is 28.6 Å². The van der Waals surface area contributed by atoms with Crippen molar-refractivity contribution in [2.75, 3.05) is 25.6 Å². The number of nitrogens with zero attached hydrogens (tertiary/aromatic N) is 1. The number of ether oxygens (including phenoxy) is 2. The molecule has 1 aliphatic heterocycles. The Hall–Kier alpha value is -0.790. The van der Waals surface area contributed by atoms with Crippen molar-refractivity contribution in [2.24, 2.45) is 5.41 Å². The Morgan fingerprint density at radius 3 is 2.75 bits per heavy atom. The zero-order valence-electron chi connectivity index (χ0n) is 10.9. The van der Waals surface area contributed by atoms with Crippen LogP contribution in [0.2, 0.25) is 0 Å². The molecular formula is C13H16BrNO4S. The van der Waals surface area contributed by atoms with Gasteiger partial charge in [-0.2, -0.15) is 12.6 Å². The first-order valence-corrected chi connectivity index (χ1v) is 7.74. The minimum absolute atomic E-state index is 0.0271. The van der Waals surface area contributed by atoms with E-state index < -0.39 is 4.92 Å². The second kappa shape index (κ2) is 6.78. The molecule has 0 aromatic heterocycles. The second-order valence-electron chi connectivity index (χ2n) is 4.93. The largest absolute Gasteiger partial charge is 0.486 e. The molecule has 0 aliphatic carbocycles. The first kappa shape index (κ1) is 15.6. The summed E-state index contributed by atoms with van der Waals surface area (Å²) in [5, 5.41) is 11.0. The molecule has 20 heavy (non-hydrogen) atoms. The topological polar surface area (TPSA) is 61.6 Å². The molecule has 0 saturated carbocycles. The highest BCUT2D eigenvalue weighted by atomic mass is 79.9. The Labute approximate surface area is 131 Å². The smallest absolute Gasteiger partial charge is 0.312 e. The SMILES string of the molecule is O=[N+]([O-])c1cc(Br)ccc1OCC1(CS)CCOCC1. The third kappa shape index (κ3) is 3.65. The second-order valence-corrected chi connectivity index (χ2v) is 6.16. The number of hydrogen-bond acceptors (Lipinski definition) is 5. The summed E-state index contributed by atoms with van der Waals surface area (Å²) in [4.78, 5) is 10.6. The predicted molar refractivity (Wildman–Crippen MR) is 82.6 cm³/mol. The van der Waals surface area contributed by atoms with E-state index in [2.05, 4.69) is 28.6 Å². The predicted octanol–water partition coefficient (Wildman–Crippen LogP) is 3.46. The molecule has 0 bridgehead atoms. The number of rotatable bonds is 5. The van der Waals surface area contributed by atoms with Gasteiger partial charge in [-0.1, -0.05) is 15.9 Å². The number of thiol groups is 1. The van der Waals surface area contributed by atoms with Gasteiger partial charge in [0.05, 0.1) is 11.5 Å². The summed E-state index contributed by atoms with van der Waals surface area (Å²) < 4.78 is 11.7. The quantitative estimate of drug-likeness (QED) is 0.495. The number of nitro groups is 1. The fourth-order valence-corrected chi connectivity index (χ4v) is 2.90. The van der Waals surface area contributed by atoms with E-state index in [1.807, 2.05) is 0 Å². The lowest BCUT2D eigenvalue weighted by molar-refractivity contribution is -0.386. The highest BCUT2D eigenvalue weighted by molar-refractivity contribution is 9.10. The van der Waals surface area contributed by atoms with Crippen LogP contribution in [0.5, 0.6) is 5.75 Å². The van der Waals surface area contributed by atoms with Crippen molar-refractivity contribution in [3.63, 3.8) is 0 Å². The molecule has 0 unspecified atom stereocenters. The molecule has 1 fully saturated rings. The monoisotopic (exact) mass is 361 g/mol. The van der Waals surface area contributed by atoms with Crippen LogP contribution in [0.4, 0.5) is 5.69 Å². The summed E-state index contributed by atoms with van der Waals surface area (Å²) in [7, 11) is 0. The van der Waals surface area contributed by atoms with Crippen LogP contribution < -0.4 is 4.74 Å². The average Bonchev–Trinajstić information content (AvgIpc) is 2.47. The van der Waals surface area contributed by atoms with Crippen molar-refractivity contribution in [1.82, 2.24) is 0 Å². The third-order valence-corrected chi connectivity index (χ3v) is 4.70. The van der Waals surface area contributed by atoms with Crippen LogP contribution in [0.1, 0.15) is 12.8 Å². The minimum atomic E-state index is -0.433. The minimum Gasteiger partial charge on any atom is -0.486 e. The molecule has 1 saturated heterocycles. The standard InChI is InChI=1S/C13H16BrNO4S/c14-10-1-2-12(11(7-10)15(16)17)19-8-13(9-20)3-5-18-6-4-13/h1-2,7,20H,3-6,8-9H2. The molecule has 0 atom stereocenters. The molecule has 110 valence electrons. The third-order valence-electron chi connectivity index (χ3n) is 3.54. The molecule has 2 rings (SSSR count). The number of benzene rings is 1. The summed E-state index contributed by atoms with van der Waals surface area (Å²) in [5.41, 5.74) is -0.0942. The summed E-state index contributed by atoms with van der Waals surface area (Å²) >= 11 is 7.63. The Bertz CT molecular complexity index is 491. The Kier molecular flexibility index (Phi) is 5.29. The van der Waals surface area contributed by atoms with Crippen molar-refractivity contribution in [2.45, 2.75) is 12.8 Å². The van der Waals surface area contributed by atoms with Gasteiger partial charge in [0.15, 0.2) is 5.75 Å². The van der Waals surface area contributed by atoms with Crippen molar-refractivity contribution in [3.8, 4) is 5.75 Å². The normalized spacial score (nSPS) is 17.7. The molecule has 7 heteroatoms. The highest BCUT2D eigenvalue weighted by Gasteiger charge is 2.33. The van der Waals surface area contributed by atoms with E-state index >= 15 is 0 Å². The van der Waals surface area contributed by atoms with Crippen molar-refractivity contribution >= 4 is 34.2 Å². The lowest BCUT2D eigenvalue weighted by Gasteiger charge is -2.35. The molecular weight excluding hydrogens is 346 g/mol. The van der Waals surface area contributed by atoms with E-state index in [1.54, 1.807) is 12.1 Å². The number of hydrogen-bond donors (Lipinski definition) is 1. The van der Waals surface area contributed by atoms with Crippen molar-refractivity contribution < 1.29 is 14.4 Å². The van der Waals surface area contributed by atoms with Crippen molar-refractivity contribution in [3.05, 3.63) is 32.8 Å². The summed E-state index contributed by atoms with van der Waals surface area (Å²) in [6.45, 7) is 1.79. The number of halogens is 1. The van der Waals surface area contributed by atoms with Gasteiger partial charge in [0.25, 0.3) is 0 Å².